The summed E-state index contributed by atoms with van der Waals surface area (Å²) in [7, 11) is 0. The highest BCUT2D eigenvalue weighted by atomic mass is 35.5. The van der Waals surface area contributed by atoms with E-state index in [0.29, 0.717) is 5.92 Å². The van der Waals surface area contributed by atoms with Crippen molar-refractivity contribution < 1.29 is 4.79 Å². The Kier molecular flexibility index (Phi) is 5.10. The number of fused-ring (bicyclic) bond motifs is 1. The van der Waals surface area contributed by atoms with Crippen LogP contribution in [0.3, 0.4) is 0 Å². The highest BCUT2D eigenvalue weighted by molar-refractivity contribution is 7.20. The van der Waals surface area contributed by atoms with Crippen molar-refractivity contribution >= 4 is 50.4 Å². The minimum absolute atomic E-state index is 0.136. The Hall–Kier alpha value is -1.54. The van der Waals surface area contributed by atoms with Crippen molar-refractivity contribution in [1.29, 1.82) is 0 Å². The predicted molar refractivity (Wildman–Crippen MR) is 119 cm³/mol. The topological polar surface area (TPSA) is 49.3 Å². The normalized spacial score (nSPS) is 18.0. The van der Waals surface area contributed by atoms with E-state index in [0.717, 1.165) is 69.2 Å². The number of hydrogen-bond acceptors (Lipinski definition) is 6. The molecule has 2 fully saturated rings. The smallest absolute Gasteiger partial charge is 0.264 e. The van der Waals surface area contributed by atoms with Crippen LogP contribution in [0.2, 0.25) is 4.34 Å². The van der Waals surface area contributed by atoms with Crippen LogP contribution in [0.5, 0.6) is 0 Å². The van der Waals surface area contributed by atoms with Crippen molar-refractivity contribution in [2.75, 3.05) is 26.2 Å². The second-order valence-electron chi connectivity index (χ2n) is 7.95. The molecule has 1 aliphatic carbocycles. The maximum Gasteiger partial charge on any atom is 0.264 e. The number of hydrogen-bond donors (Lipinski definition) is 0. The number of carbonyl (C=O) groups excluding carboxylic acids is 1. The number of amides is 1. The standard InChI is InChI=1S/C21H23ClN4OS2/c1-12-17-13(2)23-19(14-3-4-14)24-20(17)29-18(12)21(27)26-9-7-25(8-10-26)11-15-5-6-16(22)28-15/h5-6,14H,3-4,7-11H2,1-2H3. The molecule has 4 heterocycles. The van der Waals surface area contributed by atoms with Crippen LogP contribution in [0.1, 0.15) is 50.4 Å². The highest BCUT2D eigenvalue weighted by Crippen LogP contribution is 2.40. The van der Waals surface area contributed by atoms with Gasteiger partial charge in [0.25, 0.3) is 5.91 Å². The molecule has 29 heavy (non-hydrogen) atoms. The van der Waals surface area contributed by atoms with Crippen LogP contribution < -0.4 is 0 Å². The molecule has 1 saturated carbocycles. The second-order valence-corrected chi connectivity index (χ2v) is 10.8. The van der Waals surface area contributed by atoms with Crippen LogP contribution in [0, 0.1) is 13.8 Å². The van der Waals surface area contributed by atoms with Crippen LogP contribution in [-0.2, 0) is 6.54 Å². The fourth-order valence-electron chi connectivity index (χ4n) is 4.00. The molecule has 152 valence electrons. The second kappa shape index (κ2) is 7.61. The van der Waals surface area contributed by atoms with Crippen LogP contribution >= 0.6 is 34.3 Å². The Morgan fingerprint density at radius 1 is 1.14 bits per heavy atom. The van der Waals surface area contributed by atoms with Crippen molar-refractivity contribution in [3.05, 3.63) is 43.3 Å². The quantitative estimate of drug-likeness (QED) is 0.574. The molecule has 1 aliphatic heterocycles. The van der Waals surface area contributed by atoms with Crippen LogP contribution in [0.4, 0.5) is 0 Å². The zero-order valence-electron chi connectivity index (χ0n) is 16.6. The molecule has 0 spiro atoms. The van der Waals surface area contributed by atoms with Gasteiger partial charge >= 0.3 is 0 Å². The van der Waals surface area contributed by atoms with Crippen molar-refractivity contribution in [2.45, 2.75) is 39.2 Å². The molecule has 0 radical (unpaired) electrons. The molecule has 0 N–H and O–H groups in total. The van der Waals surface area contributed by atoms with Crippen molar-refractivity contribution in [3.8, 4) is 0 Å². The van der Waals surface area contributed by atoms with Gasteiger partial charge in [0, 0.05) is 48.9 Å². The molecule has 5 nitrogen and oxygen atoms in total. The van der Waals surface area contributed by atoms with E-state index in [1.807, 2.05) is 24.8 Å². The SMILES string of the molecule is Cc1nc(C2CC2)nc2sc(C(=O)N3CCN(Cc4ccc(Cl)s4)CC3)c(C)c12. The number of aromatic nitrogens is 2. The fraction of sp³-hybridized carbons (Fsp3) is 0.476. The number of nitrogens with zero attached hydrogens (tertiary/aromatic N) is 4. The molecule has 0 atom stereocenters. The summed E-state index contributed by atoms with van der Waals surface area (Å²) in [6, 6.07) is 4.04. The van der Waals surface area contributed by atoms with Gasteiger partial charge in [-0.3, -0.25) is 9.69 Å². The lowest BCUT2D eigenvalue weighted by molar-refractivity contribution is 0.0634. The van der Waals surface area contributed by atoms with Gasteiger partial charge in [-0.2, -0.15) is 0 Å². The first-order valence-corrected chi connectivity index (χ1v) is 12.0. The maximum atomic E-state index is 13.3. The summed E-state index contributed by atoms with van der Waals surface area (Å²) < 4.78 is 0.831. The van der Waals surface area contributed by atoms with Gasteiger partial charge in [-0.15, -0.1) is 22.7 Å². The van der Waals surface area contributed by atoms with Gasteiger partial charge in [-0.05, 0) is 44.4 Å². The van der Waals surface area contributed by atoms with Crippen LogP contribution in [0.25, 0.3) is 10.2 Å². The van der Waals surface area contributed by atoms with E-state index >= 15 is 0 Å². The molecule has 5 rings (SSSR count). The molecule has 8 heteroatoms. The predicted octanol–water partition coefficient (Wildman–Crippen LogP) is 4.86. The van der Waals surface area contributed by atoms with E-state index in [4.69, 9.17) is 21.6 Å². The molecule has 0 aromatic carbocycles. The monoisotopic (exact) mass is 446 g/mol. The maximum absolute atomic E-state index is 13.3. The Morgan fingerprint density at radius 2 is 1.90 bits per heavy atom. The third-order valence-electron chi connectivity index (χ3n) is 5.79. The largest absolute Gasteiger partial charge is 0.335 e. The van der Waals surface area contributed by atoms with Gasteiger partial charge < -0.3 is 4.90 Å². The van der Waals surface area contributed by atoms with Crippen LogP contribution in [0.15, 0.2) is 12.1 Å². The third-order valence-corrected chi connectivity index (χ3v) is 8.18. The molecular formula is C21H23ClN4OS2. The van der Waals surface area contributed by atoms with E-state index in [1.165, 1.54) is 29.1 Å². The van der Waals surface area contributed by atoms with Crippen molar-refractivity contribution in [1.82, 2.24) is 19.8 Å². The molecular weight excluding hydrogens is 424 g/mol. The van der Waals surface area contributed by atoms with Gasteiger partial charge in [0.15, 0.2) is 0 Å². The lowest BCUT2D eigenvalue weighted by atomic mass is 10.1. The van der Waals surface area contributed by atoms with Crippen molar-refractivity contribution in [2.24, 2.45) is 0 Å². The number of rotatable bonds is 4. The number of aryl methyl sites for hydroxylation is 2. The van der Waals surface area contributed by atoms with Gasteiger partial charge in [0.05, 0.1) is 14.9 Å². The number of thiophene rings is 2. The molecule has 1 saturated heterocycles. The number of halogens is 1. The molecule has 0 bridgehead atoms. The molecule has 2 aliphatic rings. The summed E-state index contributed by atoms with van der Waals surface area (Å²) in [4.78, 5) is 30.2. The Morgan fingerprint density at radius 3 is 2.55 bits per heavy atom. The average molecular weight is 447 g/mol. The summed E-state index contributed by atoms with van der Waals surface area (Å²) in [5.41, 5.74) is 2.04. The van der Waals surface area contributed by atoms with Crippen molar-refractivity contribution in [3.63, 3.8) is 0 Å². The lowest BCUT2D eigenvalue weighted by Crippen LogP contribution is -2.48. The minimum atomic E-state index is 0.136. The van der Waals surface area contributed by atoms with E-state index in [1.54, 1.807) is 11.3 Å². The van der Waals surface area contributed by atoms with E-state index in [9.17, 15) is 4.79 Å². The zero-order valence-corrected chi connectivity index (χ0v) is 19.0. The third kappa shape index (κ3) is 3.81. The summed E-state index contributed by atoms with van der Waals surface area (Å²) in [6.45, 7) is 8.26. The van der Waals surface area contributed by atoms with Crippen LogP contribution in [-0.4, -0.2) is 51.9 Å². The van der Waals surface area contributed by atoms with Gasteiger partial charge in [0.2, 0.25) is 0 Å². The van der Waals surface area contributed by atoms with E-state index in [2.05, 4.69) is 11.0 Å². The number of piperazine rings is 1. The molecule has 3 aromatic rings. The zero-order chi connectivity index (χ0) is 20.1. The summed E-state index contributed by atoms with van der Waals surface area (Å²) in [5, 5.41) is 1.07. The molecule has 3 aromatic heterocycles. The highest BCUT2D eigenvalue weighted by Gasteiger charge is 2.30. The minimum Gasteiger partial charge on any atom is -0.335 e. The molecule has 1 amide bonds. The van der Waals surface area contributed by atoms with Gasteiger partial charge in [0.1, 0.15) is 10.7 Å². The first-order valence-electron chi connectivity index (χ1n) is 10.0. The average Bonchev–Trinajstić information content (AvgIpc) is 3.40. The Balaban J connectivity index is 1.31. The first-order chi connectivity index (χ1) is 14.0. The fourth-order valence-corrected chi connectivity index (χ4v) is 6.33. The first kappa shape index (κ1) is 19.4. The summed E-state index contributed by atoms with van der Waals surface area (Å²) in [6.07, 6.45) is 2.37. The summed E-state index contributed by atoms with van der Waals surface area (Å²) >= 11 is 9.21. The van der Waals surface area contributed by atoms with E-state index in [-0.39, 0.29) is 5.91 Å². The lowest BCUT2D eigenvalue weighted by Gasteiger charge is -2.34. The van der Waals surface area contributed by atoms with Gasteiger partial charge in [-0.25, -0.2) is 9.97 Å². The Bertz CT molecular complexity index is 1080. The Labute approximate surface area is 183 Å². The summed E-state index contributed by atoms with van der Waals surface area (Å²) in [5.74, 6) is 1.61. The number of carbonyl (C=O) groups is 1. The van der Waals surface area contributed by atoms with E-state index < -0.39 is 0 Å². The van der Waals surface area contributed by atoms with Gasteiger partial charge in [-0.1, -0.05) is 11.6 Å². The molecule has 0 unspecified atom stereocenters.